The molecule has 4 fully saturated rings. The fraction of sp³-hybridized carbons (Fsp3) is 0.682. The molecule has 1 aromatic heterocycles. The van der Waals surface area contributed by atoms with Crippen LogP contribution in [0.25, 0.3) is 0 Å². The monoisotopic (exact) mass is 418 g/mol. The number of hydrogen-bond acceptors (Lipinski definition) is 8. The molecule has 30 heavy (non-hydrogen) atoms. The van der Waals surface area contributed by atoms with Crippen molar-refractivity contribution >= 4 is 17.7 Å². The largest absolute Gasteiger partial charge is 0.472 e. The number of epoxide rings is 1. The van der Waals surface area contributed by atoms with Crippen molar-refractivity contribution in [3.63, 3.8) is 0 Å². The van der Waals surface area contributed by atoms with Gasteiger partial charge < -0.3 is 23.7 Å². The molecule has 5 rings (SSSR count). The van der Waals surface area contributed by atoms with Crippen LogP contribution in [0.3, 0.4) is 0 Å². The van der Waals surface area contributed by atoms with Gasteiger partial charge in [-0.2, -0.15) is 0 Å². The fourth-order valence-corrected chi connectivity index (χ4v) is 6.51. The highest BCUT2D eigenvalue weighted by Crippen LogP contribution is 2.69. The molecule has 2 saturated heterocycles. The van der Waals surface area contributed by atoms with E-state index in [1.54, 1.807) is 12.3 Å². The molecule has 2 aliphatic heterocycles. The Hall–Kier alpha value is -2.19. The van der Waals surface area contributed by atoms with Gasteiger partial charge in [-0.25, -0.2) is 0 Å². The Balaban J connectivity index is 1.62. The van der Waals surface area contributed by atoms with Crippen molar-refractivity contribution < 1.29 is 38.1 Å². The molecule has 1 N–H and O–H groups in total. The molecule has 0 aromatic carbocycles. The Morgan fingerprint density at radius 3 is 2.73 bits per heavy atom. The Bertz CT molecular complexity index is 887. The first kappa shape index (κ1) is 19.8. The number of furan rings is 1. The van der Waals surface area contributed by atoms with Crippen LogP contribution in [0.2, 0.25) is 0 Å². The molecule has 1 aromatic rings. The van der Waals surface area contributed by atoms with Gasteiger partial charge in [0.2, 0.25) is 0 Å². The van der Waals surface area contributed by atoms with E-state index >= 15 is 0 Å². The Morgan fingerprint density at radius 2 is 2.10 bits per heavy atom. The predicted octanol–water partition coefficient (Wildman–Crippen LogP) is 1.95. The molecule has 2 aliphatic carbocycles. The zero-order chi connectivity index (χ0) is 21.3. The van der Waals surface area contributed by atoms with Crippen molar-refractivity contribution in [3.05, 3.63) is 24.2 Å². The number of rotatable bonds is 3. The van der Waals surface area contributed by atoms with Gasteiger partial charge in [-0.15, -0.1) is 0 Å². The highest BCUT2D eigenvalue weighted by atomic mass is 16.6. The second-order valence-corrected chi connectivity index (χ2v) is 9.40. The number of carbonyl (C=O) groups is 3. The van der Waals surface area contributed by atoms with Crippen LogP contribution in [-0.2, 0) is 28.6 Å². The number of carbonyl (C=O) groups excluding carboxylic acids is 3. The quantitative estimate of drug-likeness (QED) is 0.585. The number of hydrogen-bond donors (Lipinski definition) is 1. The molecule has 7 atom stereocenters. The highest BCUT2D eigenvalue weighted by molar-refractivity contribution is 5.93. The molecule has 7 unspecified atom stereocenters. The third kappa shape index (κ3) is 2.43. The standard InChI is InChI=1S/C22H26O8/c1-12-5-18(25)22(11-28-13(2)23)17(6-15(24)7-20(22)10-29-20)21(12)8-16(30-19(21)26)14-3-4-27-9-14/h3-4,9,12,15-17,24H,5-8,10-11H2,1-2H3. The topological polar surface area (TPSA) is 116 Å². The van der Waals surface area contributed by atoms with Crippen molar-refractivity contribution in [2.24, 2.45) is 22.7 Å². The number of esters is 2. The summed E-state index contributed by atoms with van der Waals surface area (Å²) in [5.41, 5.74) is -2.27. The molecule has 4 aliphatic rings. The number of cyclic esters (lactones) is 1. The molecular weight excluding hydrogens is 392 g/mol. The Kier molecular flexibility index (Phi) is 4.22. The minimum Gasteiger partial charge on any atom is -0.472 e. The van der Waals surface area contributed by atoms with Crippen LogP contribution < -0.4 is 0 Å². The zero-order valence-electron chi connectivity index (χ0n) is 17.1. The van der Waals surface area contributed by atoms with Gasteiger partial charge in [0.15, 0.2) is 0 Å². The maximum atomic E-state index is 13.6. The Labute approximate surface area is 173 Å². The Morgan fingerprint density at radius 1 is 1.33 bits per heavy atom. The van der Waals surface area contributed by atoms with Crippen molar-refractivity contribution in [1.29, 1.82) is 0 Å². The van der Waals surface area contributed by atoms with Gasteiger partial charge in [-0.05, 0) is 24.3 Å². The van der Waals surface area contributed by atoms with Crippen LogP contribution in [0.1, 0.15) is 51.2 Å². The van der Waals surface area contributed by atoms with E-state index in [-0.39, 0.29) is 37.1 Å². The summed E-state index contributed by atoms with van der Waals surface area (Å²) >= 11 is 0. The van der Waals surface area contributed by atoms with Gasteiger partial charge in [-0.1, -0.05) is 6.92 Å². The summed E-state index contributed by atoms with van der Waals surface area (Å²) in [7, 11) is 0. The van der Waals surface area contributed by atoms with Gasteiger partial charge in [0.1, 0.15) is 24.1 Å². The summed E-state index contributed by atoms with van der Waals surface area (Å²) in [5, 5.41) is 10.7. The summed E-state index contributed by atoms with van der Waals surface area (Å²) < 4.78 is 22.2. The number of Topliss-reactive ketones (excluding diaryl/α,β-unsaturated/α-hetero) is 1. The van der Waals surface area contributed by atoms with Crippen LogP contribution in [0, 0.1) is 22.7 Å². The average Bonchev–Trinajstić information content (AvgIpc) is 3.12. The second kappa shape index (κ2) is 6.40. The summed E-state index contributed by atoms with van der Waals surface area (Å²) in [6, 6.07) is 1.77. The summed E-state index contributed by atoms with van der Waals surface area (Å²) in [5.74, 6) is -1.73. The molecule has 2 spiro atoms. The van der Waals surface area contributed by atoms with E-state index in [0.717, 1.165) is 5.56 Å². The van der Waals surface area contributed by atoms with Crippen molar-refractivity contribution in [1.82, 2.24) is 0 Å². The predicted molar refractivity (Wildman–Crippen MR) is 99.9 cm³/mol. The molecule has 0 amide bonds. The molecule has 2 saturated carbocycles. The van der Waals surface area contributed by atoms with E-state index in [2.05, 4.69) is 0 Å². The van der Waals surface area contributed by atoms with E-state index in [1.807, 2.05) is 6.92 Å². The third-order valence-corrected chi connectivity index (χ3v) is 8.03. The smallest absolute Gasteiger partial charge is 0.313 e. The summed E-state index contributed by atoms with van der Waals surface area (Å²) in [6.45, 7) is 3.36. The molecular formula is C22H26O8. The molecule has 8 nitrogen and oxygen atoms in total. The minimum atomic E-state index is -1.16. The first-order valence-corrected chi connectivity index (χ1v) is 10.5. The number of ketones is 1. The minimum absolute atomic E-state index is 0.0594. The van der Waals surface area contributed by atoms with Crippen molar-refractivity contribution in [2.45, 2.75) is 57.3 Å². The van der Waals surface area contributed by atoms with Crippen molar-refractivity contribution in [2.75, 3.05) is 13.2 Å². The van der Waals surface area contributed by atoms with E-state index in [0.29, 0.717) is 19.4 Å². The maximum absolute atomic E-state index is 13.6. The zero-order valence-corrected chi connectivity index (χ0v) is 17.1. The lowest BCUT2D eigenvalue weighted by molar-refractivity contribution is -0.196. The van der Waals surface area contributed by atoms with E-state index in [4.69, 9.17) is 18.6 Å². The highest BCUT2D eigenvalue weighted by Gasteiger charge is 2.79. The number of fused-ring (bicyclic) bond motifs is 3. The second-order valence-electron chi connectivity index (χ2n) is 9.40. The summed E-state index contributed by atoms with van der Waals surface area (Å²) in [4.78, 5) is 38.7. The van der Waals surface area contributed by atoms with Crippen LogP contribution >= 0.6 is 0 Å². The number of aliphatic hydroxyl groups is 1. The lowest BCUT2D eigenvalue weighted by atomic mass is 9.43. The van der Waals surface area contributed by atoms with Crippen LogP contribution in [0.4, 0.5) is 0 Å². The molecule has 8 heteroatoms. The van der Waals surface area contributed by atoms with Gasteiger partial charge >= 0.3 is 11.9 Å². The number of ether oxygens (including phenoxy) is 3. The molecule has 3 heterocycles. The molecule has 0 bridgehead atoms. The average molecular weight is 418 g/mol. The van der Waals surface area contributed by atoms with E-state index in [1.165, 1.54) is 13.2 Å². The van der Waals surface area contributed by atoms with Crippen molar-refractivity contribution in [3.8, 4) is 0 Å². The van der Waals surface area contributed by atoms with Gasteiger partial charge in [0.05, 0.1) is 36.1 Å². The number of aliphatic hydroxyl groups excluding tert-OH is 1. The van der Waals surface area contributed by atoms with Gasteiger partial charge in [-0.3, -0.25) is 14.4 Å². The lowest BCUT2D eigenvalue weighted by Gasteiger charge is -2.58. The first-order chi connectivity index (χ1) is 14.2. The van der Waals surface area contributed by atoms with E-state index in [9.17, 15) is 19.5 Å². The van der Waals surface area contributed by atoms with Crippen LogP contribution in [0.5, 0.6) is 0 Å². The molecule has 162 valence electrons. The van der Waals surface area contributed by atoms with Gasteiger partial charge in [0, 0.05) is 31.7 Å². The lowest BCUT2D eigenvalue weighted by Crippen LogP contribution is -2.68. The molecule has 0 radical (unpaired) electrons. The fourth-order valence-electron chi connectivity index (χ4n) is 6.51. The van der Waals surface area contributed by atoms with Gasteiger partial charge in [0.25, 0.3) is 0 Å². The third-order valence-electron chi connectivity index (χ3n) is 8.03. The summed E-state index contributed by atoms with van der Waals surface area (Å²) in [6.07, 6.45) is 3.01. The SMILES string of the molecule is CC(=O)OCC12C(=O)CC(C)C3(CC(c4ccoc4)OC3=O)C1CC(O)CC21CO1. The normalized spacial score (nSPS) is 44.8. The van der Waals surface area contributed by atoms with Crippen LogP contribution in [0.15, 0.2) is 23.0 Å². The van der Waals surface area contributed by atoms with Crippen LogP contribution in [-0.4, -0.2) is 47.7 Å². The van der Waals surface area contributed by atoms with E-state index < -0.39 is 40.5 Å². The maximum Gasteiger partial charge on any atom is 0.313 e. The first-order valence-electron chi connectivity index (χ1n) is 10.5.